The van der Waals surface area contributed by atoms with E-state index >= 15 is 0 Å². The van der Waals surface area contributed by atoms with Gasteiger partial charge in [-0.2, -0.15) is 0 Å². The number of rotatable bonds is 6. The first-order valence-corrected chi connectivity index (χ1v) is 8.63. The molecule has 4 nitrogen and oxygen atoms in total. The number of halogens is 1. The highest BCUT2D eigenvalue weighted by Crippen LogP contribution is 2.48. The number of nitrogens with one attached hydrogen (secondary N) is 1. The van der Waals surface area contributed by atoms with E-state index in [1.165, 1.54) is 0 Å². The van der Waals surface area contributed by atoms with Crippen molar-refractivity contribution in [2.24, 2.45) is 0 Å². The Morgan fingerprint density at radius 2 is 1.83 bits per heavy atom. The van der Waals surface area contributed by atoms with Gasteiger partial charge in [0.05, 0.1) is 19.6 Å². The molecule has 3 rings (SSSR count). The Balaban J connectivity index is 1.71. The number of carbonyl (C=O) groups is 1. The Labute approximate surface area is 150 Å². The van der Waals surface area contributed by atoms with Crippen LogP contribution in [-0.2, 0) is 16.8 Å². The van der Waals surface area contributed by atoms with Crippen LogP contribution in [-0.4, -0.2) is 20.1 Å². The van der Waals surface area contributed by atoms with Gasteiger partial charge in [-0.05, 0) is 42.7 Å². The first-order valence-electron chi connectivity index (χ1n) is 7.84. The lowest BCUT2D eigenvalue weighted by molar-refractivity contribution is -0.123. The number of methoxy groups -OCH3 is 2. The fraction of sp³-hybridized carbons (Fsp3) is 0.316. The molecule has 0 spiro atoms. The number of hydrogen-bond acceptors (Lipinski definition) is 3. The van der Waals surface area contributed by atoms with Crippen molar-refractivity contribution >= 4 is 21.8 Å². The third-order valence-corrected chi connectivity index (χ3v) is 5.04. The summed E-state index contributed by atoms with van der Waals surface area (Å²) in [5, 5.41) is 3.06. The van der Waals surface area contributed by atoms with Gasteiger partial charge in [0.25, 0.3) is 0 Å². The second-order valence-electron chi connectivity index (χ2n) is 5.95. The van der Waals surface area contributed by atoms with Crippen molar-refractivity contribution in [3.8, 4) is 11.5 Å². The van der Waals surface area contributed by atoms with Gasteiger partial charge in [0.1, 0.15) is 11.5 Å². The lowest BCUT2D eigenvalue weighted by Gasteiger charge is -2.17. The molecule has 1 saturated carbocycles. The first kappa shape index (κ1) is 16.8. The van der Waals surface area contributed by atoms with E-state index in [1.54, 1.807) is 14.2 Å². The fourth-order valence-corrected chi connectivity index (χ4v) is 3.15. The molecule has 0 saturated heterocycles. The van der Waals surface area contributed by atoms with Crippen molar-refractivity contribution in [2.45, 2.75) is 24.8 Å². The molecule has 126 valence electrons. The summed E-state index contributed by atoms with van der Waals surface area (Å²) >= 11 is 3.43. The van der Waals surface area contributed by atoms with E-state index in [1.807, 2.05) is 42.5 Å². The average molecular weight is 390 g/mol. The van der Waals surface area contributed by atoms with Crippen LogP contribution in [0.15, 0.2) is 46.9 Å². The minimum absolute atomic E-state index is 0.0719. The zero-order valence-corrected chi connectivity index (χ0v) is 15.4. The summed E-state index contributed by atoms with van der Waals surface area (Å²) in [6, 6.07) is 13.6. The maximum absolute atomic E-state index is 12.7. The highest BCUT2D eigenvalue weighted by atomic mass is 79.9. The number of benzene rings is 2. The summed E-state index contributed by atoms with van der Waals surface area (Å²) in [4.78, 5) is 12.7. The summed E-state index contributed by atoms with van der Waals surface area (Å²) < 4.78 is 11.6. The molecule has 1 amide bonds. The Hall–Kier alpha value is -2.01. The van der Waals surface area contributed by atoms with Crippen LogP contribution in [0.2, 0.25) is 0 Å². The van der Waals surface area contributed by atoms with E-state index in [-0.39, 0.29) is 11.3 Å². The van der Waals surface area contributed by atoms with Gasteiger partial charge >= 0.3 is 0 Å². The minimum atomic E-state index is -0.375. The van der Waals surface area contributed by atoms with Crippen molar-refractivity contribution in [3.05, 3.63) is 58.1 Å². The van der Waals surface area contributed by atoms with E-state index in [0.29, 0.717) is 12.3 Å². The van der Waals surface area contributed by atoms with Crippen LogP contribution >= 0.6 is 15.9 Å². The van der Waals surface area contributed by atoms with E-state index in [0.717, 1.165) is 34.2 Å². The van der Waals surface area contributed by atoms with Gasteiger partial charge < -0.3 is 14.8 Å². The Morgan fingerprint density at radius 3 is 2.42 bits per heavy atom. The molecule has 0 aliphatic heterocycles. The second kappa shape index (κ2) is 6.85. The molecule has 0 radical (unpaired) electrons. The van der Waals surface area contributed by atoms with Crippen LogP contribution in [0.5, 0.6) is 11.5 Å². The van der Waals surface area contributed by atoms with Crippen LogP contribution in [0.3, 0.4) is 0 Å². The van der Waals surface area contributed by atoms with Crippen LogP contribution in [0, 0.1) is 0 Å². The fourth-order valence-electron chi connectivity index (χ4n) is 2.88. The zero-order valence-electron chi connectivity index (χ0n) is 13.8. The number of amides is 1. The Morgan fingerprint density at radius 1 is 1.12 bits per heavy atom. The molecule has 2 aromatic carbocycles. The molecular weight excluding hydrogens is 370 g/mol. The van der Waals surface area contributed by atoms with E-state index < -0.39 is 0 Å². The smallest absolute Gasteiger partial charge is 0.230 e. The summed E-state index contributed by atoms with van der Waals surface area (Å²) in [6.45, 7) is 0.435. The van der Waals surface area contributed by atoms with Gasteiger partial charge in [0.15, 0.2) is 0 Å². The maximum Gasteiger partial charge on any atom is 0.230 e. The van der Waals surface area contributed by atoms with E-state index in [4.69, 9.17) is 9.47 Å². The van der Waals surface area contributed by atoms with Crippen LogP contribution in [0.25, 0.3) is 0 Å². The normalized spacial score (nSPS) is 14.8. The van der Waals surface area contributed by atoms with Crippen molar-refractivity contribution in [3.63, 3.8) is 0 Å². The topological polar surface area (TPSA) is 47.6 Å². The summed E-state index contributed by atoms with van der Waals surface area (Å²) in [5.74, 6) is 1.52. The predicted octanol–water partition coefficient (Wildman–Crippen LogP) is 3.81. The van der Waals surface area contributed by atoms with Crippen molar-refractivity contribution in [2.75, 3.05) is 14.2 Å². The molecule has 0 bridgehead atoms. The summed E-state index contributed by atoms with van der Waals surface area (Å²) in [5.41, 5.74) is 1.63. The van der Waals surface area contributed by atoms with Crippen molar-refractivity contribution in [1.82, 2.24) is 5.32 Å². The van der Waals surface area contributed by atoms with Crippen LogP contribution in [0.4, 0.5) is 0 Å². The molecule has 0 heterocycles. The molecule has 5 heteroatoms. The second-order valence-corrected chi connectivity index (χ2v) is 6.87. The van der Waals surface area contributed by atoms with Gasteiger partial charge in [0.2, 0.25) is 5.91 Å². The van der Waals surface area contributed by atoms with Crippen molar-refractivity contribution < 1.29 is 14.3 Å². The lowest BCUT2D eigenvalue weighted by atomic mass is 9.95. The highest BCUT2D eigenvalue weighted by Gasteiger charge is 2.51. The SMILES string of the molecule is COc1ccc(CNC(=O)C2(c3ccc(Br)cc3)CC2)c(OC)c1. The zero-order chi connectivity index (χ0) is 17.2. The molecule has 1 fully saturated rings. The third kappa shape index (κ3) is 3.26. The standard InChI is InChI=1S/C19H20BrNO3/c1-23-16-8-3-13(17(11-16)24-2)12-21-18(22)19(9-10-19)14-4-6-15(20)7-5-14/h3-8,11H,9-10,12H2,1-2H3,(H,21,22). The largest absolute Gasteiger partial charge is 0.497 e. The van der Waals surface area contributed by atoms with Gasteiger partial charge in [-0.3, -0.25) is 4.79 Å². The maximum atomic E-state index is 12.7. The van der Waals surface area contributed by atoms with Crippen LogP contribution < -0.4 is 14.8 Å². The molecule has 0 atom stereocenters. The number of ether oxygens (including phenoxy) is 2. The predicted molar refractivity (Wildman–Crippen MR) is 96.4 cm³/mol. The lowest BCUT2D eigenvalue weighted by Crippen LogP contribution is -2.34. The molecule has 1 aliphatic carbocycles. The molecule has 0 unspecified atom stereocenters. The molecule has 0 aromatic heterocycles. The highest BCUT2D eigenvalue weighted by molar-refractivity contribution is 9.10. The van der Waals surface area contributed by atoms with E-state index in [2.05, 4.69) is 21.2 Å². The third-order valence-electron chi connectivity index (χ3n) is 4.52. The van der Waals surface area contributed by atoms with E-state index in [9.17, 15) is 4.79 Å². The van der Waals surface area contributed by atoms with Gasteiger partial charge in [-0.1, -0.05) is 28.1 Å². The summed E-state index contributed by atoms with van der Waals surface area (Å²) in [7, 11) is 3.23. The average Bonchev–Trinajstić information content (AvgIpc) is 3.42. The Kier molecular flexibility index (Phi) is 4.81. The van der Waals surface area contributed by atoms with Gasteiger partial charge in [-0.15, -0.1) is 0 Å². The first-order chi connectivity index (χ1) is 11.6. The monoisotopic (exact) mass is 389 g/mol. The quantitative estimate of drug-likeness (QED) is 0.816. The molecule has 1 N–H and O–H groups in total. The van der Waals surface area contributed by atoms with Crippen molar-refractivity contribution in [1.29, 1.82) is 0 Å². The molecule has 24 heavy (non-hydrogen) atoms. The summed E-state index contributed by atoms with van der Waals surface area (Å²) in [6.07, 6.45) is 1.78. The van der Waals surface area contributed by atoms with Crippen LogP contribution in [0.1, 0.15) is 24.0 Å². The number of carbonyl (C=O) groups excluding carboxylic acids is 1. The molecule has 1 aliphatic rings. The van der Waals surface area contributed by atoms with Gasteiger partial charge in [-0.25, -0.2) is 0 Å². The Bertz CT molecular complexity index is 739. The van der Waals surface area contributed by atoms with Gasteiger partial charge in [0, 0.05) is 22.6 Å². The number of hydrogen-bond donors (Lipinski definition) is 1. The molecular formula is C19H20BrNO3. The molecule has 2 aromatic rings. The minimum Gasteiger partial charge on any atom is -0.497 e.